The highest BCUT2D eigenvalue weighted by atomic mass is 35.5. The lowest BCUT2D eigenvalue weighted by atomic mass is 10.1. The number of hydrogen-bond donors (Lipinski definition) is 1. The number of hydrogen-bond acceptors (Lipinski definition) is 6. The molecule has 7 nitrogen and oxygen atoms in total. The molecular formula is C24H19Cl3N2O5. The highest BCUT2D eigenvalue weighted by Crippen LogP contribution is 2.37. The minimum Gasteiger partial charge on any atom is -0.493 e. The molecule has 0 saturated carbocycles. The molecule has 0 bridgehead atoms. The van der Waals surface area contributed by atoms with E-state index >= 15 is 0 Å². The van der Waals surface area contributed by atoms with E-state index in [0.717, 1.165) is 11.1 Å². The number of carbonyl (C=O) groups excluding carboxylic acids is 1. The molecule has 176 valence electrons. The molecule has 4 rings (SSSR count). The summed E-state index contributed by atoms with van der Waals surface area (Å²) in [7, 11) is 1.50. The molecule has 1 aliphatic heterocycles. The van der Waals surface area contributed by atoms with Crippen molar-refractivity contribution in [3.05, 3.63) is 80.3 Å². The Bertz CT molecular complexity index is 1250. The van der Waals surface area contributed by atoms with Gasteiger partial charge >= 0.3 is 0 Å². The van der Waals surface area contributed by atoms with Gasteiger partial charge in [-0.25, -0.2) is 5.43 Å². The number of amides is 1. The minimum atomic E-state index is -0.284. The van der Waals surface area contributed by atoms with Crippen LogP contribution in [-0.2, 0) is 17.8 Å². The van der Waals surface area contributed by atoms with Crippen LogP contribution in [0.2, 0.25) is 15.1 Å². The second-order valence-corrected chi connectivity index (χ2v) is 8.47. The Labute approximate surface area is 211 Å². The zero-order chi connectivity index (χ0) is 24.1. The molecule has 0 aromatic heterocycles. The first-order chi connectivity index (χ1) is 16.4. The van der Waals surface area contributed by atoms with Crippen LogP contribution in [0.3, 0.4) is 0 Å². The second-order valence-electron chi connectivity index (χ2n) is 7.22. The molecule has 1 amide bonds. The molecule has 34 heavy (non-hydrogen) atoms. The van der Waals surface area contributed by atoms with E-state index in [4.69, 9.17) is 53.8 Å². The van der Waals surface area contributed by atoms with Crippen LogP contribution < -0.4 is 24.4 Å². The van der Waals surface area contributed by atoms with Crippen LogP contribution in [0.15, 0.2) is 53.6 Å². The molecule has 1 heterocycles. The largest absolute Gasteiger partial charge is 0.493 e. The highest BCUT2D eigenvalue weighted by molar-refractivity contribution is 6.35. The third-order valence-electron chi connectivity index (χ3n) is 4.84. The molecule has 0 spiro atoms. The summed E-state index contributed by atoms with van der Waals surface area (Å²) in [4.78, 5) is 12.2. The number of nitrogens with one attached hydrogen (secondary N) is 1. The van der Waals surface area contributed by atoms with Crippen LogP contribution in [0, 0.1) is 0 Å². The lowest BCUT2D eigenvalue weighted by Gasteiger charge is -2.14. The van der Waals surface area contributed by atoms with Crippen molar-refractivity contribution in [2.75, 3.05) is 13.9 Å². The van der Waals surface area contributed by atoms with Crippen LogP contribution in [0.25, 0.3) is 0 Å². The van der Waals surface area contributed by atoms with Crippen molar-refractivity contribution in [3.8, 4) is 23.0 Å². The van der Waals surface area contributed by atoms with Crippen molar-refractivity contribution in [3.63, 3.8) is 0 Å². The van der Waals surface area contributed by atoms with Gasteiger partial charge in [-0.1, -0.05) is 46.9 Å². The summed E-state index contributed by atoms with van der Waals surface area (Å²) in [6.45, 7) is 0.357. The number of methoxy groups -OCH3 is 1. The van der Waals surface area contributed by atoms with E-state index in [1.54, 1.807) is 48.5 Å². The fourth-order valence-corrected chi connectivity index (χ4v) is 3.93. The first-order valence-electron chi connectivity index (χ1n) is 10.1. The third kappa shape index (κ3) is 5.86. The van der Waals surface area contributed by atoms with E-state index in [-0.39, 0.29) is 25.7 Å². The quantitative estimate of drug-likeness (QED) is 0.306. The van der Waals surface area contributed by atoms with Gasteiger partial charge in [0, 0.05) is 15.6 Å². The average molecular weight is 522 g/mol. The maximum atomic E-state index is 12.2. The molecule has 1 aliphatic rings. The Morgan fingerprint density at radius 2 is 1.88 bits per heavy atom. The molecule has 0 fully saturated rings. The molecule has 3 aromatic carbocycles. The summed E-state index contributed by atoms with van der Waals surface area (Å²) in [6.07, 6.45) is 1.60. The maximum Gasteiger partial charge on any atom is 0.244 e. The molecular weight excluding hydrogens is 503 g/mol. The predicted octanol–water partition coefficient (Wildman–Crippen LogP) is 5.66. The SMILES string of the molecule is COc1cc(/C=N\NC(=O)Cc2ccc3c(c2)OCO3)cc(Cl)c1OCc1ccc(Cl)cc1Cl. The lowest BCUT2D eigenvalue weighted by Crippen LogP contribution is -2.19. The van der Waals surface area contributed by atoms with Gasteiger partial charge in [0.15, 0.2) is 23.0 Å². The topological polar surface area (TPSA) is 78.4 Å². The molecule has 1 N–H and O–H groups in total. The highest BCUT2D eigenvalue weighted by Gasteiger charge is 2.15. The summed E-state index contributed by atoms with van der Waals surface area (Å²) >= 11 is 18.5. The molecule has 0 aliphatic carbocycles. The third-order valence-corrected chi connectivity index (χ3v) is 5.71. The standard InChI is InChI=1S/C24H19Cl3N2O5/c1-31-22-8-15(6-19(27)24(22)32-12-16-3-4-17(25)10-18(16)26)11-28-29-23(30)9-14-2-5-20-21(7-14)34-13-33-20/h2-8,10-11H,9,12-13H2,1H3,(H,29,30)/b28-11-. The number of nitrogens with zero attached hydrogens (tertiary/aromatic N) is 1. The maximum absolute atomic E-state index is 12.2. The molecule has 0 atom stereocenters. The van der Waals surface area contributed by atoms with Crippen molar-refractivity contribution in [2.24, 2.45) is 5.10 Å². The van der Waals surface area contributed by atoms with E-state index in [1.165, 1.54) is 13.3 Å². The zero-order valence-corrected chi connectivity index (χ0v) is 20.2. The van der Waals surface area contributed by atoms with Crippen LogP contribution >= 0.6 is 34.8 Å². The van der Waals surface area contributed by atoms with Gasteiger partial charge in [-0.2, -0.15) is 5.10 Å². The zero-order valence-electron chi connectivity index (χ0n) is 17.9. The summed E-state index contributed by atoms with van der Waals surface area (Å²) < 4.78 is 21.9. The van der Waals surface area contributed by atoms with E-state index in [1.807, 2.05) is 0 Å². The van der Waals surface area contributed by atoms with Gasteiger partial charge in [0.1, 0.15) is 6.61 Å². The number of benzene rings is 3. The molecule has 0 radical (unpaired) electrons. The van der Waals surface area contributed by atoms with Crippen molar-refractivity contribution < 1.29 is 23.7 Å². The van der Waals surface area contributed by atoms with Crippen molar-refractivity contribution in [1.82, 2.24) is 5.43 Å². The van der Waals surface area contributed by atoms with Gasteiger partial charge in [-0.3, -0.25) is 4.79 Å². The number of fused-ring (bicyclic) bond motifs is 1. The summed E-state index contributed by atoms with van der Waals surface area (Å²) in [5, 5.41) is 5.35. The fraction of sp³-hybridized carbons (Fsp3) is 0.167. The van der Waals surface area contributed by atoms with E-state index in [2.05, 4.69) is 10.5 Å². The number of carbonyl (C=O) groups is 1. The van der Waals surface area contributed by atoms with Crippen LogP contribution in [0.4, 0.5) is 0 Å². The Hall–Kier alpha value is -3.13. The molecule has 3 aromatic rings. The summed E-state index contributed by atoms with van der Waals surface area (Å²) in [6, 6.07) is 13.8. The predicted molar refractivity (Wildman–Crippen MR) is 131 cm³/mol. The first kappa shape index (κ1) is 24.0. The van der Waals surface area contributed by atoms with Gasteiger partial charge < -0.3 is 18.9 Å². The molecule has 0 saturated heterocycles. The minimum absolute atomic E-state index is 0.137. The Morgan fingerprint density at radius 1 is 1.06 bits per heavy atom. The van der Waals surface area contributed by atoms with Gasteiger partial charge in [-0.05, 0) is 47.5 Å². The molecule has 10 heteroatoms. The number of hydrazone groups is 1. The normalized spacial score (nSPS) is 12.1. The van der Waals surface area contributed by atoms with E-state index < -0.39 is 0 Å². The lowest BCUT2D eigenvalue weighted by molar-refractivity contribution is -0.120. The fourth-order valence-electron chi connectivity index (χ4n) is 3.20. The van der Waals surface area contributed by atoms with Gasteiger partial charge in [0.05, 0.1) is 24.8 Å². The van der Waals surface area contributed by atoms with Crippen LogP contribution in [0.1, 0.15) is 16.7 Å². The summed E-state index contributed by atoms with van der Waals surface area (Å²) in [5.74, 6) is 1.77. The Kier molecular flexibility index (Phi) is 7.67. The first-order valence-corrected chi connectivity index (χ1v) is 11.2. The molecule has 0 unspecified atom stereocenters. The average Bonchev–Trinajstić information content (AvgIpc) is 3.27. The van der Waals surface area contributed by atoms with E-state index in [0.29, 0.717) is 43.6 Å². The number of rotatable bonds is 8. The smallest absolute Gasteiger partial charge is 0.244 e. The van der Waals surface area contributed by atoms with Gasteiger partial charge in [0.2, 0.25) is 12.7 Å². The van der Waals surface area contributed by atoms with Crippen LogP contribution in [0.5, 0.6) is 23.0 Å². The van der Waals surface area contributed by atoms with Gasteiger partial charge in [0.25, 0.3) is 0 Å². The van der Waals surface area contributed by atoms with E-state index in [9.17, 15) is 4.79 Å². The number of ether oxygens (including phenoxy) is 4. The second kappa shape index (κ2) is 10.9. The van der Waals surface area contributed by atoms with Crippen molar-refractivity contribution in [2.45, 2.75) is 13.0 Å². The number of halogens is 3. The summed E-state index contributed by atoms with van der Waals surface area (Å²) in [5.41, 5.74) is 4.64. The van der Waals surface area contributed by atoms with Crippen LogP contribution in [-0.4, -0.2) is 26.0 Å². The van der Waals surface area contributed by atoms with Crippen molar-refractivity contribution >= 4 is 46.9 Å². The Morgan fingerprint density at radius 3 is 2.68 bits per heavy atom. The monoisotopic (exact) mass is 520 g/mol. The van der Waals surface area contributed by atoms with Gasteiger partial charge in [-0.15, -0.1) is 0 Å². The van der Waals surface area contributed by atoms with Crippen molar-refractivity contribution in [1.29, 1.82) is 0 Å². The Balaban J connectivity index is 1.38.